The normalized spacial score (nSPS) is 17.4. The van der Waals surface area contributed by atoms with Gasteiger partial charge >= 0.3 is 6.09 Å². The van der Waals surface area contributed by atoms with Gasteiger partial charge in [0.2, 0.25) is 0 Å². The van der Waals surface area contributed by atoms with E-state index in [9.17, 15) is 9.59 Å². The third-order valence-corrected chi connectivity index (χ3v) is 7.78. The molecule has 1 aliphatic rings. The summed E-state index contributed by atoms with van der Waals surface area (Å²) in [4.78, 5) is 31.4. The van der Waals surface area contributed by atoms with Crippen LogP contribution < -0.4 is 10.9 Å². The SMILES string of the molecule is Cn1c(=O)c2c(nc(C3CCCC(NC(=O)OCc4ccccc4)C3)n2Cc2ccccc2)c2ccccc21. The van der Waals surface area contributed by atoms with Gasteiger partial charge in [0.05, 0.1) is 5.52 Å². The highest BCUT2D eigenvalue weighted by molar-refractivity contribution is 6.02. The number of para-hydroxylation sites is 1. The number of carbonyl (C=O) groups excluding carboxylic acids is 1. The largest absolute Gasteiger partial charge is 0.445 e. The van der Waals surface area contributed by atoms with Crippen molar-refractivity contribution in [3.63, 3.8) is 0 Å². The number of aryl methyl sites for hydroxylation is 1. The van der Waals surface area contributed by atoms with E-state index in [1.165, 1.54) is 0 Å². The molecule has 1 N–H and O–H groups in total. The molecule has 0 bridgehead atoms. The van der Waals surface area contributed by atoms with E-state index in [1.54, 1.807) is 4.57 Å². The fourth-order valence-electron chi connectivity index (χ4n) is 5.83. The molecule has 3 aromatic carbocycles. The highest BCUT2D eigenvalue weighted by atomic mass is 16.5. The number of carbonyl (C=O) groups is 1. The molecule has 1 saturated carbocycles. The van der Waals surface area contributed by atoms with Crippen molar-refractivity contribution in [3.8, 4) is 0 Å². The highest BCUT2D eigenvalue weighted by Crippen LogP contribution is 2.35. The lowest BCUT2D eigenvalue weighted by Crippen LogP contribution is -2.38. The number of pyridine rings is 1. The van der Waals surface area contributed by atoms with Crippen LogP contribution >= 0.6 is 0 Å². The topological polar surface area (TPSA) is 78.2 Å². The number of imidazole rings is 1. The van der Waals surface area contributed by atoms with Crippen molar-refractivity contribution in [3.05, 3.63) is 112 Å². The summed E-state index contributed by atoms with van der Waals surface area (Å²) in [7, 11) is 1.82. The Labute approximate surface area is 227 Å². The van der Waals surface area contributed by atoms with Crippen LogP contribution in [-0.2, 0) is 24.9 Å². The third-order valence-electron chi connectivity index (χ3n) is 7.78. The summed E-state index contributed by atoms with van der Waals surface area (Å²) in [6.07, 6.45) is 3.15. The van der Waals surface area contributed by atoms with Crippen LogP contribution in [0.25, 0.3) is 21.9 Å². The second kappa shape index (κ2) is 10.8. The van der Waals surface area contributed by atoms with Crippen LogP contribution in [0.4, 0.5) is 4.79 Å². The number of nitrogens with one attached hydrogen (secondary N) is 1. The Morgan fingerprint density at radius 2 is 1.64 bits per heavy atom. The smallest absolute Gasteiger partial charge is 0.407 e. The van der Waals surface area contributed by atoms with Crippen molar-refractivity contribution >= 4 is 28.0 Å². The molecule has 0 aliphatic heterocycles. The molecule has 1 fully saturated rings. The standard InChI is InChI=1S/C32H32N4O3/c1-35-27-18-9-8-17-26(27)28-29(31(35)37)36(20-22-11-4-2-5-12-22)30(34-28)24-15-10-16-25(19-24)33-32(38)39-21-23-13-6-3-7-14-23/h2-9,11-14,17-18,24-25H,10,15-16,19-21H2,1H3,(H,33,38). The first-order valence-corrected chi connectivity index (χ1v) is 13.6. The Morgan fingerprint density at radius 1 is 0.949 bits per heavy atom. The lowest BCUT2D eigenvalue weighted by molar-refractivity contribution is 0.132. The summed E-state index contributed by atoms with van der Waals surface area (Å²) in [6.45, 7) is 0.806. The van der Waals surface area contributed by atoms with Crippen molar-refractivity contribution in [2.24, 2.45) is 7.05 Å². The molecule has 2 atom stereocenters. The first-order valence-electron chi connectivity index (χ1n) is 13.6. The zero-order valence-corrected chi connectivity index (χ0v) is 22.0. The molecule has 2 heterocycles. The number of hydrogen-bond acceptors (Lipinski definition) is 4. The van der Waals surface area contributed by atoms with E-state index in [2.05, 4.69) is 22.0 Å². The summed E-state index contributed by atoms with van der Waals surface area (Å²) in [5.41, 5.74) is 4.27. The Hall–Kier alpha value is -4.39. The third kappa shape index (κ3) is 5.04. The molecule has 7 heteroatoms. The maximum Gasteiger partial charge on any atom is 0.407 e. The summed E-state index contributed by atoms with van der Waals surface area (Å²) >= 11 is 0. The van der Waals surface area contributed by atoms with Gasteiger partial charge in [0.25, 0.3) is 5.56 Å². The molecular formula is C32H32N4O3. The number of aromatic nitrogens is 3. The van der Waals surface area contributed by atoms with Crippen LogP contribution in [0.15, 0.2) is 89.7 Å². The van der Waals surface area contributed by atoms with Gasteiger partial charge in [-0.2, -0.15) is 0 Å². The molecule has 0 spiro atoms. The van der Waals surface area contributed by atoms with Crippen LogP contribution in [0.2, 0.25) is 0 Å². The average molecular weight is 521 g/mol. The number of fused-ring (bicyclic) bond motifs is 3. The van der Waals surface area contributed by atoms with Gasteiger partial charge in [0.1, 0.15) is 23.5 Å². The van der Waals surface area contributed by atoms with Crippen LogP contribution in [0, 0.1) is 0 Å². The monoisotopic (exact) mass is 520 g/mol. The molecule has 2 unspecified atom stereocenters. The van der Waals surface area contributed by atoms with E-state index in [1.807, 2.05) is 79.8 Å². The van der Waals surface area contributed by atoms with Gasteiger partial charge in [-0.05, 0) is 36.5 Å². The first kappa shape index (κ1) is 24.9. The Bertz CT molecular complexity index is 1670. The van der Waals surface area contributed by atoms with Crippen LogP contribution in [0.3, 0.4) is 0 Å². The number of amides is 1. The quantitative estimate of drug-likeness (QED) is 0.303. The van der Waals surface area contributed by atoms with Crippen molar-refractivity contribution < 1.29 is 9.53 Å². The predicted molar refractivity (Wildman–Crippen MR) is 153 cm³/mol. The van der Waals surface area contributed by atoms with Crippen molar-refractivity contribution in [1.29, 1.82) is 0 Å². The molecule has 6 rings (SSSR count). The van der Waals surface area contributed by atoms with Crippen LogP contribution in [0.5, 0.6) is 0 Å². The Kier molecular flexibility index (Phi) is 6.88. The summed E-state index contributed by atoms with van der Waals surface area (Å²) in [6, 6.07) is 27.8. The minimum atomic E-state index is -0.401. The zero-order chi connectivity index (χ0) is 26.8. The molecule has 2 aromatic heterocycles. The molecule has 1 aliphatic carbocycles. The fraction of sp³-hybridized carbons (Fsp3) is 0.281. The maximum atomic E-state index is 13.7. The molecule has 1 amide bonds. The molecule has 0 saturated heterocycles. The summed E-state index contributed by atoms with van der Waals surface area (Å²) in [5.74, 6) is 1.02. The number of benzene rings is 3. The van der Waals surface area contributed by atoms with Crippen LogP contribution in [-0.4, -0.2) is 26.3 Å². The Morgan fingerprint density at radius 3 is 2.41 bits per heavy atom. The van der Waals surface area contributed by atoms with Crippen LogP contribution in [0.1, 0.15) is 48.6 Å². The highest BCUT2D eigenvalue weighted by Gasteiger charge is 2.30. The summed E-state index contributed by atoms with van der Waals surface area (Å²) in [5, 5.41) is 4.05. The minimum Gasteiger partial charge on any atom is -0.445 e. The van der Waals surface area contributed by atoms with Crippen molar-refractivity contribution in [2.45, 2.75) is 50.8 Å². The minimum absolute atomic E-state index is 0.0170. The molecule has 198 valence electrons. The van der Waals surface area contributed by atoms with Gasteiger partial charge in [-0.15, -0.1) is 0 Å². The Balaban J connectivity index is 1.32. The number of hydrogen-bond donors (Lipinski definition) is 1. The number of ether oxygens (including phenoxy) is 1. The fourth-order valence-corrected chi connectivity index (χ4v) is 5.83. The van der Waals surface area contributed by atoms with E-state index < -0.39 is 6.09 Å². The first-order chi connectivity index (χ1) is 19.1. The molecule has 5 aromatic rings. The van der Waals surface area contributed by atoms with E-state index >= 15 is 0 Å². The predicted octanol–water partition coefficient (Wildman–Crippen LogP) is 5.89. The van der Waals surface area contributed by atoms with E-state index in [0.717, 1.165) is 59.1 Å². The lowest BCUT2D eigenvalue weighted by Gasteiger charge is -2.29. The van der Waals surface area contributed by atoms with Gasteiger partial charge in [0, 0.05) is 30.9 Å². The molecular weight excluding hydrogens is 488 g/mol. The van der Waals surface area contributed by atoms with Gasteiger partial charge in [-0.25, -0.2) is 9.78 Å². The molecule has 0 radical (unpaired) electrons. The average Bonchev–Trinajstić information content (AvgIpc) is 3.35. The molecule has 7 nitrogen and oxygen atoms in total. The van der Waals surface area contributed by atoms with Crippen molar-refractivity contribution in [1.82, 2.24) is 19.4 Å². The van der Waals surface area contributed by atoms with Crippen molar-refractivity contribution in [2.75, 3.05) is 0 Å². The number of rotatable bonds is 6. The number of nitrogens with zero attached hydrogens (tertiary/aromatic N) is 3. The second-order valence-corrected chi connectivity index (χ2v) is 10.4. The van der Waals surface area contributed by atoms with Gasteiger partial charge in [-0.3, -0.25) is 4.79 Å². The van der Waals surface area contributed by atoms with Gasteiger partial charge < -0.3 is 19.2 Å². The van der Waals surface area contributed by atoms with E-state index in [4.69, 9.17) is 9.72 Å². The van der Waals surface area contributed by atoms with E-state index in [-0.39, 0.29) is 24.1 Å². The lowest BCUT2D eigenvalue weighted by atomic mass is 9.85. The van der Waals surface area contributed by atoms with E-state index in [0.29, 0.717) is 12.1 Å². The summed E-state index contributed by atoms with van der Waals surface area (Å²) < 4.78 is 9.32. The molecule has 39 heavy (non-hydrogen) atoms. The second-order valence-electron chi connectivity index (χ2n) is 10.4. The van der Waals surface area contributed by atoms with Gasteiger partial charge in [0.15, 0.2) is 0 Å². The van der Waals surface area contributed by atoms with Gasteiger partial charge in [-0.1, -0.05) is 85.3 Å². The number of alkyl carbamates (subject to hydrolysis) is 1. The maximum absolute atomic E-state index is 13.7. The zero-order valence-electron chi connectivity index (χ0n) is 22.0.